The molecule has 0 spiro atoms. The predicted molar refractivity (Wildman–Crippen MR) is 80.8 cm³/mol. The summed E-state index contributed by atoms with van der Waals surface area (Å²) in [7, 11) is 4.83. The van der Waals surface area contributed by atoms with E-state index in [1.54, 1.807) is 33.5 Å². The molecule has 1 atom stereocenters. The summed E-state index contributed by atoms with van der Waals surface area (Å²) in [6.07, 6.45) is -0.748. The van der Waals surface area contributed by atoms with Gasteiger partial charge in [-0.25, -0.2) is 0 Å². The van der Waals surface area contributed by atoms with Gasteiger partial charge in [0, 0.05) is 18.7 Å². The van der Waals surface area contributed by atoms with Crippen LogP contribution in [0.4, 0.5) is 0 Å². The van der Waals surface area contributed by atoms with E-state index in [2.05, 4.69) is 0 Å². The molecule has 0 amide bonds. The monoisotopic (exact) mass is 288 g/mol. The second-order valence-corrected chi connectivity index (χ2v) is 4.69. The topological polar surface area (TPSA) is 47.9 Å². The van der Waals surface area contributed by atoms with Gasteiger partial charge in [0.25, 0.3) is 0 Å². The highest BCUT2D eigenvalue weighted by Gasteiger charge is 2.16. The number of rotatable bonds is 6. The van der Waals surface area contributed by atoms with Gasteiger partial charge in [0.2, 0.25) is 0 Å². The van der Waals surface area contributed by atoms with Crippen LogP contribution in [0.25, 0.3) is 0 Å². The maximum absolute atomic E-state index is 10.5. The molecule has 4 nitrogen and oxygen atoms in total. The summed E-state index contributed by atoms with van der Waals surface area (Å²) in [6.45, 7) is 0.558. The molecule has 0 heterocycles. The molecule has 0 aliphatic carbocycles. The Morgan fingerprint density at radius 1 is 0.952 bits per heavy atom. The lowest BCUT2D eigenvalue weighted by molar-refractivity contribution is 0.184. The molecule has 2 aromatic rings. The van der Waals surface area contributed by atoms with Gasteiger partial charge in [0.15, 0.2) is 0 Å². The number of benzene rings is 2. The Kier molecular flexibility index (Phi) is 5.20. The standard InChI is InChI=1S/C17H20O4/c1-19-11-12-4-6-13(7-5-12)17(18)15-9-8-14(20-2)10-16(15)21-3/h4-10,17-18H,11H2,1-3H3. The highest BCUT2D eigenvalue weighted by molar-refractivity contribution is 5.45. The van der Waals surface area contributed by atoms with Gasteiger partial charge in [-0.2, -0.15) is 0 Å². The zero-order valence-electron chi connectivity index (χ0n) is 12.5. The average Bonchev–Trinajstić information content (AvgIpc) is 2.54. The van der Waals surface area contributed by atoms with Crippen molar-refractivity contribution in [2.45, 2.75) is 12.7 Å². The largest absolute Gasteiger partial charge is 0.497 e. The molecule has 112 valence electrons. The lowest BCUT2D eigenvalue weighted by atomic mass is 9.99. The van der Waals surface area contributed by atoms with E-state index in [0.29, 0.717) is 23.7 Å². The molecule has 21 heavy (non-hydrogen) atoms. The molecule has 1 unspecified atom stereocenters. The highest BCUT2D eigenvalue weighted by atomic mass is 16.5. The number of hydrogen-bond donors (Lipinski definition) is 1. The molecule has 0 aliphatic rings. The summed E-state index contributed by atoms with van der Waals surface area (Å²) in [4.78, 5) is 0. The maximum atomic E-state index is 10.5. The fraction of sp³-hybridized carbons (Fsp3) is 0.294. The van der Waals surface area contributed by atoms with Crippen LogP contribution in [0.1, 0.15) is 22.8 Å². The number of methoxy groups -OCH3 is 3. The molecule has 0 saturated carbocycles. The fourth-order valence-corrected chi connectivity index (χ4v) is 2.19. The molecule has 0 saturated heterocycles. The molecule has 4 heteroatoms. The Balaban J connectivity index is 2.28. The van der Waals surface area contributed by atoms with Gasteiger partial charge >= 0.3 is 0 Å². The van der Waals surface area contributed by atoms with Crippen LogP contribution in [-0.4, -0.2) is 26.4 Å². The van der Waals surface area contributed by atoms with Gasteiger partial charge in [-0.05, 0) is 23.3 Å². The van der Waals surface area contributed by atoms with E-state index < -0.39 is 6.10 Å². The third-order valence-corrected chi connectivity index (χ3v) is 3.34. The lowest BCUT2D eigenvalue weighted by Crippen LogP contribution is -2.03. The van der Waals surface area contributed by atoms with Crippen molar-refractivity contribution >= 4 is 0 Å². The Bertz CT molecular complexity index is 578. The van der Waals surface area contributed by atoms with E-state index in [4.69, 9.17) is 14.2 Å². The van der Waals surface area contributed by atoms with Crippen molar-refractivity contribution in [3.8, 4) is 11.5 Å². The van der Waals surface area contributed by atoms with Crippen LogP contribution < -0.4 is 9.47 Å². The van der Waals surface area contributed by atoms with Gasteiger partial charge in [0.1, 0.15) is 17.6 Å². The quantitative estimate of drug-likeness (QED) is 0.888. The van der Waals surface area contributed by atoms with Gasteiger partial charge in [-0.15, -0.1) is 0 Å². The number of ether oxygens (including phenoxy) is 3. The Morgan fingerprint density at radius 2 is 1.67 bits per heavy atom. The first kappa shape index (κ1) is 15.4. The van der Waals surface area contributed by atoms with Crippen LogP contribution in [-0.2, 0) is 11.3 Å². The predicted octanol–water partition coefficient (Wildman–Crippen LogP) is 2.93. The molecule has 0 aromatic heterocycles. The minimum absolute atomic E-state index is 0.558. The van der Waals surface area contributed by atoms with Crippen molar-refractivity contribution in [2.75, 3.05) is 21.3 Å². The van der Waals surface area contributed by atoms with E-state index in [0.717, 1.165) is 11.1 Å². The molecular weight excluding hydrogens is 268 g/mol. The lowest BCUT2D eigenvalue weighted by Gasteiger charge is -2.16. The van der Waals surface area contributed by atoms with Crippen LogP contribution in [0.5, 0.6) is 11.5 Å². The third kappa shape index (κ3) is 3.54. The molecule has 1 N–H and O–H groups in total. The van der Waals surface area contributed by atoms with Gasteiger partial charge in [-0.3, -0.25) is 0 Å². The van der Waals surface area contributed by atoms with Crippen molar-refractivity contribution < 1.29 is 19.3 Å². The molecule has 0 fully saturated rings. The smallest absolute Gasteiger partial charge is 0.128 e. The highest BCUT2D eigenvalue weighted by Crippen LogP contribution is 2.33. The summed E-state index contributed by atoms with van der Waals surface area (Å²) < 4.78 is 15.6. The van der Waals surface area contributed by atoms with Crippen LogP contribution in [0.2, 0.25) is 0 Å². The maximum Gasteiger partial charge on any atom is 0.128 e. The Labute approximate surface area is 124 Å². The van der Waals surface area contributed by atoms with Crippen LogP contribution in [0.15, 0.2) is 42.5 Å². The first-order valence-electron chi connectivity index (χ1n) is 6.67. The Morgan fingerprint density at radius 3 is 2.24 bits per heavy atom. The van der Waals surface area contributed by atoms with Crippen molar-refractivity contribution in [1.82, 2.24) is 0 Å². The summed E-state index contributed by atoms with van der Waals surface area (Å²) in [5.74, 6) is 1.29. The van der Waals surface area contributed by atoms with E-state index in [-0.39, 0.29) is 0 Å². The minimum atomic E-state index is -0.748. The van der Waals surface area contributed by atoms with E-state index in [1.807, 2.05) is 30.3 Å². The zero-order chi connectivity index (χ0) is 15.2. The van der Waals surface area contributed by atoms with Crippen molar-refractivity contribution in [3.05, 3.63) is 59.2 Å². The minimum Gasteiger partial charge on any atom is -0.497 e. The third-order valence-electron chi connectivity index (χ3n) is 3.34. The summed E-state index contributed by atoms with van der Waals surface area (Å²) in [5.41, 5.74) is 2.58. The summed E-state index contributed by atoms with van der Waals surface area (Å²) >= 11 is 0. The van der Waals surface area contributed by atoms with Gasteiger partial charge < -0.3 is 19.3 Å². The summed E-state index contributed by atoms with van der Waals surface area (Å²) in [5, 5.41) is 10.5. The first-order chi connectivity index (χ1) is 10.2. The molecule has 2 aromatic carbocycles. The Hall–Kier alpha value is -2.04. The van der Waals surface area contributed by atoms with E-state index >= 15 is 0 Å². The van der Waals surface area contributed by atoms with Crippen LogP contribution >= 0.6 is 0 Å². The molecule has 0 aliphatic heterocycles. The zero-order valence-corrected chi connectivity index (χ0v) is 12.5. The van der Waals surface area contributed by atoms with E-state index in [9.17, 15) is 5.11 Å². The number of aliphatic hydroxyl groups excluding tert-OH is 1. The molecule has 0 bridgehead atoms. The molecular formula is C17H20O4. The van der Waals surface area contributed by atoms with Gasteiger partial charge in [0.05, 0.1) is 20.8 Å². The van der Waals surface area contributed by atoms with Crippen molar-refractivity contribution in [2.24, 2.45) is 0 Å². The van der Waals surface area contributed by atoms with Crippen molar-refractivity contribution in [3.63, 3.8) is 0 Å². The SMILES string of the molecule is COCc1ccc(C(O)c2ccc(OC)cc2OC)cc1. The number of aliphatic hydroxyl groups is 1. The molecule has 0 radical (unpaired) electrons. The normalized spacial score (nSPS) is 12.0. The second-order valence-electron chi connectivity index (χ2n) is 4.69. The summed E-state index contributed by atoms with van der Waals surface area (Å²) in [6, 6.07) is 13.0. The van der Waals surface area contributed by atoms with Crippen LogP contribution in [0.3, 0.4) is 0 Å². The molecule has 2 rings (SSSR count). The van der Waals surface area contributed by atoms with Crippen molar-refractivity contribution in [1.29, 1.82) is 0 Å². The number of hydrogen-bond acceptors (Lipinski definition) is 4. The van der Waals surface area contributed by atoms with Crippen LogP contribution in [0, 0.1) is 0 Å². The average molecular weight is 288 g/mol. The van der Waals surface area contributed by atoms with Gasteiger partial charge in [-0.1, -0.05) is 24.3 Å². The first-order valence-corrected chi connectivity index (χ1v) is 6.67. The van der Waals surface area contributed by atoms with E-state index in [1.165, 1.54) is 0 Å². The second kappa shape index (κ2) is 7.11. The fourth-order valence-electron chi connectivity index (χ4n) is 2.19.